The Morgan fingerprint density at radius 3 is 2.29 bits per heavy atom. The molecule has 0 unspecified atom stereocenters. The molecule has 90 valence electrons. The van der Waals surface area contributed by atoms with E-state index in [0.717, 1.165) is 0 Å². The van der Waals surface area contributed by atoms with Gasteiger partial charge in [0.2, 0.25) is 0 Å². The fourth-order valence-corrected chi connectivity index (χ4v) is 1.45. The SMILES string of the molecule is NC1=CC(c2ccc(OC(F)(F)F)cc2)=NC1. The molecule has 0 saturated heterocycles. The normalized spacial score (nSPS) is 15.5. The van der Waals surface area contributed by atoms with Gasteiger partial charge in [-0.15, -0.1) is 13.2 Å². The van der Waals surface area contributed by atoms with Crippen molar-refractivity contribution in [2.75, 3.05) is 6.54 Å². The molecule has 0 saturated carbocycles. The number of aliphatic imine (C=N–C) groups is 1. The highest BCUT2D eigenvalue weighted by Gasteiger charge is 2.30. The van der Waals surface area contributed by atoms with Crippen molar-refractivity contribution < 1.29 is 17.9 Å². The van der Waals surface area contributed by atoms with Crippen molar-refractivity contribution in [2.24, 2.45) is 10.7 Å². The molecule has 1 heterocycles. The quantitative estimate of drug-likeness (QED) is 0.864. The molecule has 17 heavy (non-hydrogen) atoms. The van der Waals surface area contributed by atoms with Gasteiger partial charge in [-0.05, 0) is 35.9 Å². The lowest BCUT2D eigenvalue weighted by Gasteiger charge is -2.08. The second kappa shape index (κ2) is 4.12. The summed E-state index contributed by atoms with van der Waals surface area (Å²) in [6, 6.07) is 5.51. The number of rotatable bonds is 2. The molecular formula is C11H9F3N2O. The molecule has 0 fully saturated rings. The summed E-state index contributed by atoms with van der Waals surface area (Å²) >= 11 is 0. The van der Waals surface area contributed by atoms with Crippen LogP contribution in [0.5, 0.6) is 5.75 Å². The molecule has 0 radical (unpaired) electrons. The maximum atomic E-state index is 11.9. The average Bonchev–Trinajstić information content (AvgIpc) is 2.63. The van der Waals surface area contributed by atoms with E-state index >= 15 is 0 Å². The number of ether oxygens (including phenoxy) is 1. The van der Waals surface area contributed by atoms with Crippen LogP contribution in [-0.2, 0) is 0 Å². The summed E-state index contributed by atoms with van der Waals surface area (Å²) in [5.41, 5.74) is 7.56. The Hall–Kier alpha value is -1.98. The minimum Gasteiger partial charge on any atom is -0.406 e. The fourth-order valence-electron chi connectivity index (χ4n) is 1.45. The van der Waals surface area contributed by atoms with Crippen LogP contribution >= 0.6 is 0 Å². The van der Waals surface area contributed by atoms with Crippen molar-refractivity contribution in [3.63, 3.8) is 0 Å². The zero-order valence-electron chi connectivity index (χ0n) is 8.66. The minimum atomic E-state index is -4.67. The summed E-state index contributed by atoms with van der Waals surface area (Å²) in [4.78, 5) is 4.13. The van der Waals surface area contributed by atoms with Crippen LogP contribution in [0.3, 0.4) is 0 Å². The highest BCUT2D eigenvalue weighted by molar-refractivity contribution is 6.10. The van der Waals surface area contributed by atoms with Crippen LogP contribution in [0.1, 0.15) is 5.56 Å². The van der Waals surface area contributed by atoms with Crippen LogP contribution in [0, 0.1) is 0 Å². The third-order valence-corrected chi connectivity index (χ3v) is 2.14. The smallest absolute Gasteiger partial charge is 0.406 e. The van der Waals surface area contributed by atoms with E-state index in [1.54, 1.807) is 6.08 Å². The zero-order chi connectivity index (χ0) is 12.5. The van der Waals surface area contributed by atoms with Gasteiger partial charge < -0.3 is 10.5 Å². The summed E-state index contributed by atoms with van der Waals surface area (Å²) < 4.78 is 39.5. The summed E-state index contributed by atoms with van der Waals surface area (Å²) in [5, 5.41) is 0. The van der Waals surface area contributed by atoms with Crippen molar-refractivity contribution in [1.29, 1.82) is 0 Å². The minimum absolute atomic E-state index is 0.253. The summed E-state index contributed by atoms with van der Waals surface area (Å²) in [6.45, 7) is 0.427. The van der Waals surface area contributed by atoms with Gasteiger partial charge in [-0.3, -0.25) is 4.99 Å². The Balaban J connectivity index is 2.14. The van der Waals surface area contributed by atoms with Crippen molar-refractivity contribution >= 4 is 5.71 Å². The maximum absolute atomic E-state index is 11.9. The van der Waals surface area contributed by atoms with Crippen LogP contribution < -0.4 is 10.5 Å². The summed E-state index contributed by atoms with van der Waals surface area (Å²) in [5.74, 6) is -0.253. The lowest BCUT2D eigenvalue weighted by atomic mass is 10.1. The van der Waals surface area contributed by atoms with Gasteiger partial charge in [-0.2, -0.15) is 0 Å². The predicted molar refractivity (Wildman–Crippen MR) is 56.8 cm³/mol. The van der Waals surface area contributed by atoms with Gasteiger partial charge in [0.25, 0.3) is 0 Å². The monoisotopic (exact) mass is 242 g/mol. The van der Waals surface area contributed by atoms with Gasteiger partial charge in [0.05, 0.1) is 12.3 Å². The molecule has 1 aromatic rings. The van der Waals surface area contributed by atoms with Gasteiger partial charge in [-0.25, -0.2) is 0 Å². The van der Waals surface area contributed by atoms with Crippen LogP contribution in [-0.4, -0.2) is 18.6 Å². The van der Waals surface area contributed by atoms with Gasteiger partial charge in [0.1, 0.15) is 5.75 Å². The van der Waals surface area contributed by atoms with Gasteiger partial charge in [0, 0.05) is 5.70 Å². The van der Waals surface area contributed by atoms with Gasteiger partial charge in [0.15, 0.2) is 0 Å². The molecule has 0 amide bonds. The molecule has 2 rings (SSSR count). The molecule has 6 heteroatoms. The topological polar surface area (TPSA) is 47.6 Å². The molecule has 0 bridgehead atoms. The van der Waals surface area contributed by atoms with Crippen molar-refractivity contribution in [1.82, 2.24) is 0 Å². The number of allylic oxidation sites excluding steroid dienone is 1. The van der Waals surface area contributed by atoms with E-state index in [1.165, 1.54) is 24.3 Å². The second-order valence-corrected chi connectivity index (χ2v) is 3.49. The second-order valence-electron chi connectivity index (χ2n) is 3.49. The molecular weight excluding hydrogens is 233 g/mol. The van der Waals surface area contributed by atoms with E-state index in [-0.39, 0.29) is 5.75 Å². The maximum Gasteiger partial charge on any atom is 0.573 e. The Morgan fingerprint density at radius 1 is 1.18 bits per heavy atom. The molecule has 1 aliphatic heterocycles. The summed E-state index contributed by atoms with van der Waals surface area (Å²) in [7, 11) is 0. The Kier molecular flexibility index (Phi) is 2.79. The lowest BCUT2D eigenvalue weighted by Crippen LogP contribution is -2.17. The number of hydrogen-bond acceptors (Lipinski definition) is 3. The predicted octanol–water partition coefficient (Wildman–Crippen LogP) is 2.23. The first-order valence-corrected chi connectivity index (χ1v) is 4.81. The molecule has 3 nitrogen and oxygen atoms in total. The fraction of sp³-hybridized carbons (Fsp3) is 0.182. The van der Waals surface area contributed by atoms with E-state index < -0.39 is 6.36 Å². The van der Waals surface area contributed by atoms with Crippen molar-refractivity contribution in [2.45, 2.75) is 6.36 Å². The van der Waals surface area contributed by atoms with Crippen LogP contribution in [0.2, 0.25) is 0 Å². The molecule has 0 aromatic heterocycles. The molecule has 2 N–H and O–H groups in total. The summed E-state index contributed by atoms with van der Waals surface area (Å²) in [6.07, 6.45) is -2.98. The molecule has 1 aromatic carbocycles. The van der Waals surface area contributed by atoms with Crippen LogP contribution in [0.4, 0.5) is 13.2 Å². The Labute approximate surface area is 95.4 Å². The number of hydrogen-bond donors (Lipinski definition) is 1. The standard InChI is InChI=1S/C11H9F3N2O/c12-11(13,14)17-9-3-1-7(2-4-9)10-5-8(15)6-16-10/h1-5H,6,15H2. The van der Waals surface area contributed by atoms with E-state index in [4.69, 9.17) is 5.73 Å². The van der Waals surface area contributed by atoms with Crippen LogP contribution in [0.15, 0.2) is 41.0 Å². The Morgan fingerprint density at radius 2 is 1.82 bits per heavy atom. The van der Waals surface area contributed by atoms with E-state index in [9.17, 15) is 13.2 Å². The first kappa shape index (κ1) is 11.5. The molecule has 1 aliphatic rings. The van der Waals surface area contributed by atoms with E-state index in [1.807, 2.05) is 0 Å². The number of nitrogens with zero attached hydrogens (tertiary/aromatic N) is 1. The third kappa shape index (κ3) is 2.99. The highest BCUT2D eigenvalue weighted by atomic mass is 19.4. The third-order valence-electron chi connectivity index (χ3n) is 2.14. The van der Waals surface area contributed by atoms with Crippen molar-refractivity contribution in [3.05, 3.63) is 41.6 Å². The van der Waals surface area contributed by atoms with Gasteiger partial charge in [-0.1, -0.05) is 0 Å². The average molecular weight is 242 g/mol. The first-order chi connectivity index (χ1) is 7.94. The lowest BCUT2D eigenvalue weighted by molar-refractivity contribution is -0.274. The number of alkyl halides is 3. The Bertz CT molecular complexity index is 474. The molecule has 0 aliphatic carbocycles. The number of benzene rings is 1. The molecule has 0 atom stereocenters. The number of halogens is 3. The van der Waals surface area contributed by atoms with Crippen LogP contribution in [0.25, 0.3) is 0 Å². The zero-order valence-corrected chi connectivity index (χ0v) is 8.66. The van der Waals surface area contributed by atoms with E-state index in [0.29, 0.717) is 23.5 Å². The van der Waals surface area contributed by atoms with Crippen molar-refractivity contribution in [3.8, 4) is 5.75 Å². The number of nitrogens with two attached hydrogens (primary N) is 1. The largest absolute Gasteiger partial charge is 0.573 e. The highest BCUT2D eigenvalue weighted by Crippen LogP contribution is 2.23. The molecule has 0 spiro atoms. The van der Waals surface area contributed by atoms with Gasteiger partial charge >= 0.3 is 6.36 Å². The van der Waals surface area contributed by atoms with E-state index in [2.05, 4.69) is 9.73 Å². The first-order valence-electron chi connectivity index (χ1n) is 4.81.